The van der Waals surface area contributed by atoms with E-state index in [2.05, 4.69) is 17.2 Å². The second-order valence-electron chi connectivity index (χ2n) is 5.46. The molecule has 0 aliphatic heterocycles. The van der Waals surface area contributed by atoms with Crippen LogP contribution in [0.4, 0.5) is 10.8 Å². The van der Waals surface area contributed by atoms with E-state index in [0.29, 0.717) is 12.6 Å². The number of urea groups is 1. The summed E-state index contributed by atoms with van der Waals surface area (Å²) in [5.41, 5.74) is 0.499. The predicted molar refractivity (Wildman–Crippen MR) is 71.8 cm³/mol. The number of hydrogen-bond acceptors (Lipinski definition) is 3. The Kier molecular flexibility index (Phi) is 4.76. The van der Waals surface area contributed by atoms with Crippen molar-refractivity contribution in [3.05, 3.63) is 12.0 Å². The molecule has 0 saturated heterocycles. The molecule has 1 aromatic rings. The number of amides is 2. The lowest BCUT2D eigenvalue weighted by atomic mass is 10.1. The molecule has 0 fully saturated rings. The van der Waals surface area contributed by atoms with E-state index in [4.69, 9.17) is 4.42 Å². The van der Waals surface area contributed by atoms with Crippen LogP contribution in [0, 0.1) is 6.92 Å². The number of carbonyl (C=O) groups excluding carboxylic acids is 1. The summed E-state index contributed by atoms with van der Waals surface area (Å²) in [4.78, 5) is 18.0. The Morgan fingerprint density at radius 3 is 2.61 bits per heavy atom. The normalized spacial score (nSPS) is 11.4. The van der Waals surface area contributed by atoms with E-state index in [1.807, 2.05) is 27.7 Å². The fraction of sp³-hybridized carbons (Fsp3) is 0.692. The van der Waals surface area contributed by atoms with Crippen molar-refractivity contribution >= 4 is 12.0 Å². The third-order valence-electron chi connectivity index (χ3n) is 2.30. The molecule has 5 nitrogen and oxygen atoms in total. The number of carbonyl (C=O) groups is 1. The molecule has 102 valence electrons. The number of aromatic nitrogens is 1. The zero-order valence-corrected chi connectivity index (χ0v) is 11.9. The third kappa shape index (κ3) is 4.39. The average molecular weight is 253 g/mol. The molecule has 0 unspecified atom stereocenters. The Morgan fingerprint density at radius 2 is 2.17 bits per heavy atom. The highest BCUT2D eigenvalue weighted by Gasteiger charge is 2.23. The summed E-state index contributed by atoms with van der Waals surface area (Å²) in [6, 6.07) is 0.195. The summed E-state index contributed by atoms with van der Waals surface area (Å²) >= 11 is 0. The van der Waals surface area contributed by atoms with Crippen molar-refractivity contribution < 1.29 is 9.21 Å². The van der Waals surface area contributed by atoms with Crippen LogP contribution in [0.1, 0.15) is 46.2 Å². The van der Waals surface area contributed by atoms with Crippen LogP contribution >= 0.6 is 0 Å². The first kappa shape index (κ1) is 14.5. The minimum absolute atomic E-state index is 0.169. The minimum Gasteiger partial charge on any atom is -0.431 e. The highest BCUT2D eigenvalue weighted by Crippen LogP contribution is 2.15. The van der Waals surface area contributed by atoms with Crippen molar-refractivity contribution in [2.75, 3.05) is 11.4 Å². The van der Waals surface area contributed by atoms with E-state index < -0.39 is 0 Å². The Labute approximate surface area is 109 Å². The van der Waals surface area contributed by atoms with Crippen molar-refractivity contribution in [2.45, 2.75) is 53.0 Å². The van der Waals surface area contributed by atoms with Gasteiger partial charge in [0.25, 0.3) is 0 Å². The maximum absolute atomic E-state index is 12.2. The van der Waals surface area contributed by atoms with Gasteiger partial charge in [-0.2, -0.15) is 4.98 Å². The van der Waals surface area contributed by atoms with Gasteiger partial charge in [-0.25, -0.2) is 9.69 Å². The van der Waals surface area contributed by atoms with E-state index >= 15 is 0 Å². The van der Waals surface area contributed by atoms with Crippen LogP contribution in [-0.2, 0) is 0 Å². The van der Waals surface area contributed by atoms with Gasteiger partial charge in [-0.15, -0.1) is 0 Å². The zero-order chi connectivity index (χ0) is 13.8. The Hall–Kier alpha value is -1.52. The van der Waals surface area contributed by atoms with Crippen LogP contribution in [0.15, 0.2) is 10.7 Å². The number of unbranched alkanes of at least 4 members (excludes halogenated alkanes) is 1. The van der Waals surface area contributed by atoms with Crippen LogP contribution in [-0.4, -0.2) is 23.1 Å². The molecule has 0 atom stereocenters. The molecule has 1 N–H and O–H groups in total. The molecular weight excluding hydrogens is 230 g/mol. The maximum Gasteiger partial charge on any atom is 0.325 e. The van der Waals surface area contributed by atoms with Gasteiger partial charge >= 0.3 is 12.0 Å². The predicted octanol–water partition coefficient (Wildman–Crippen LogP) is 3.10. The molecular formula is C13H23N3O2. The van der Waals surface area contributed by atoms with E-state index in [1.165, 1.54) is 0 Å². The number of aryl methyl sites for hydroxylation is 1. The summed E-state index contributed by atoms with van der Waals surface area (Å²) < 4.78 is 5.31. The Bertz CT molecular complexity index is 393. The summed E-state index contributed by atoms with van der Waals surface area (Å²) in [5, 5.41) is 2.92. The number of nitrogens with one attached hydrogen (secondary N) is 1. The molecule has 0 aliphatic carbocycles. The molecule has 0 spiro atoms. The van der Waals surface area contributed by atoms with Crippen LogP contribution in [0.3, 0.4) is 0 Å². The number of oxazole rings is 1. The molecule has 5 heteroatoms. The van der Waals surface area contributed by atoms with Gasteiger partial charge in [0.05, 0.1) is 5.69 Å². The summed E-state index contributed by atoms with van der Waals surface area (Å²) in [6.07, 6.45) is 3.48. The van der Waals surface area contributed by atoms with E-state index in [9.17, 15) is 4.79 Å². The Balaban J connectivity index is 2.81. The van der Waals surface area contributed by atoms with Gasteiger partial charge in [-0.05, 0) is 34.1 Å². The smallest absolute Gasteiger partial charge is 0.325 e. The van der Waals surface area contributed by atoms with Crippen molar-refractivity contribution in [1.29, 1.82) is 0 Å². The topological polar surface area (TPSA) is 58.4 Å². The first-order valence-corrected chi connectivity index (χ1v) is 6.35. The number of anilines is 1. The van der Waals surface area contributed by atoms with Crippen molar-refractivity contribution in [3.63, 3.8) is 0 Å². The van der Waals surface area contributed by atoms with Gasteiger partial charge in [-0.1, -0.05) is 13.3 Å². The molecule has 1 heterocycles. The number of nitrogens with zero attached hydrogens (tertiary/aromatic N) is 2. The molecule has 18 heavy (non-hydrogen) atoms. The molecule has 1 aromatic heterocycles. The fourth-order valence-corrected chi connectivity index (χ4v) is 1.45. The van der Waals surface area contributed by atoms with E-state index in [1.54, 1.807) is 11.2 Å². The van der Waals surface area contributed by atoms with Crippen LogP contribution in [0.25, 0.3) is 0 Å². The van der Waals surface area contributed by atoms with Crippen LogP contribution < -0.4 is 10.2 Å². The largest absolute Gasteiger partial charge is 0.431 e. The van der Waals surface area contributed by atoms with Crippen molar-refractivity contribution in [1.82, 2.24) is 10.3 Å². The zero-order valence-electron chi connectivity index (χ0n) is 11.9. The molecule has 0 aliphatic rings. The Morgan fingerprint density at radius 1 is 1.50 bits per heavy atom. The lowest BCUT2D eigenvalue weighted by Gasteiger charge is -2.26. The molecule has 0 radical (unpaired) electrons. The maximum atomic E-state index is 12.2. The van der Waals surface area contributed by atoms with E-state index in [-0.39, 0.29) is 11.6 Å². The SMILES string of the molecule is CCCCN(C(=O)NC(C)(C)C)c1nc(C)co1. The van der Waals surface area contributed by atoms with Gasteiger partial charge in [0, 0.05) is 12.1 Å². The van der Waals surface area contributed by atoms with Crippen LogP contribution in [0.2, 0.25) is 0 Å². The first-order chi connectivity index (χ1) is 8.33. The van der Waals surface area contributed by atoms with Gasteiger partial charge in [0.15, 0.2) is 0 Å². The average Bonchev–Trinajstić information content (AvgIpc) is 2.63. The second kappa shape index (κ2) is 5.89. The fourth-order valence-electron chi connectivity index (χ4n) is 1.45. The molecule has 2 amide bonds. The summed E-state index contributed by atoms with van der Waals surface area (Å²) in [7, 11) is 0. The van der Waals surface area contributed by atoms with E-state index in [0.717, 1.165) is 18.5 Å². The van der Waals surface area contributed by atoms with Gasteiger partial charge < -0.3 is 9.73 Å². The van der Waals surface area contributed by atoms with Crippen molar-refractivity contribution in [3.8, 4) is 0 Å². The highest BCUT2D eigenvalue weighted by atomic mass is 16.4. The number of rotatable bonds is 4. The monoisotopic (exact) mass is 253 g/mol. The molecule has 0 aromatic carbocycles. The standard InChI is InChI=1S/C13H23N3O2/c1-6-7-8-16(11(17)15-13(3,4)5)12-14-10(2)9-18-12/h9H,6-8H2,1-5H3,(H,15,17). The minimum atomic E-state index is -0.275. The lowest BCUT2D eigenvalue weighted by Crippen LogP contribution is -2.49. The molecule has 0 bridgehead atoms. The summed E-state index contributed by atoms with van der Waals surface area (Å²) in [5.74, 6) is 0. The third-order valence-corrected chi connectivity index (χ3v) is 2.30. The van der Waals surface area contributed by atoms with Gasteiger partial charge in [0.2, 0.25) is 0 Å². The highest BCUT2D eigenvalue weighted by molar-refractivity contribution is 5.90. The quantitative estimate of drug-likeness (QED) is 0.897. The molecule has 1 rings (SSSR count). The first-order valence-electron chi connectivity index (χ1n) is 6.35. The molecule has 0 saturated carbocycles. The lowest BCUT2D eigenvalue weighted by molar-refractivity contribution is 0.236. The van der Waals surface area contributed by atoms with Gasteiger partial charge in [0.1, 0.15) is 6.26 Å². The number of hydrogen-bond donors (Lipinski definition) is 1. The van der Waals surface area contributed by atoms with Gasteiger partial charge in [-0.3, -0.25) is 0 Å². The van der Waals surface area contributed by atoms with Crippen LogP contribution in [0.5, 0.6) is 0 Å². The second-order valence-corrected chi connectivity index (χ2v) is 5.46. The summed E-state index contributed by atoms with van der Waals surface area (Å²) in [6.45, 7) is 10.4. The van der Waals surface area contributed by atoms with Crippen molar-refractivity contribution in [2.24, 2.45) is 0 Å².